The number of amides is 1. The molecule has 0 aliphatic rings. The lowest BCUT2D eigenvalue weighted by atomic mass is 10.1. The summed E-state index contributed by atoms with van der Waals surface area (Å²) in [5.41, 5.74) is 7.26. The van der Waals surface area contributed by atoms with E-state index < -0.39 is 0 Å². The van der Waals surface area contributed by atoms with Crippen molar-refractivity contribution in [3.8, 4) is 11.8 Å². The number of nitrogens with two attached hydrogens (primary N) is 1. The molecule has 0 unspecified atom stereocenters. The second-order valence-corrected chi connectivity index (χ2v) is 5.12. The Labute approximate surface area is 130 Å². The van der Waals surface area contributed by atoms with Gasteiger partial charge in [-0.2, -0.15) is 5.26 Å². The van der Waals surface area contributed by atoms with Crippen LogP contribution in [0.1, 0.15) is 15.9 Å². The molecule has 1 amide bonds. The number of hydrogen-bond donors (Lipinski definition) is 2. The number of methoxy groups -OCH3 is 1. The minimum atomic E-state index is -0.381. The molecular formula is C15H12BrN3O2. The van der Waals surface area contributed by atoms with Crippen molar-refractivity contribution in [3.05, 3.63) is 52.0 Å². The number of nitrogen functional groups attached to an aromatic ring is 1. The Morgan fingerprint density at radius 3 is 2.71 bits per heavy atom. The van der Waals surface area contributed by atoms with Crippen LogP contribution in [0.2, 0.25) is 0 Å². The summed E-state index contributed by atoms with van der Waals surface area (Å²) in [4.78, 5) is 12.2. The third-order valence-electron chi connectivity index (χ3n) is 2.85. The third kappa shape index (κ3) is 3.33. The van der Waals surface area contributed by atoms with Crippen molar-refractivity contribution in [2.75, 3.05) is 18.2 Å². The zero-order valence-electron chi connectivity index (χ0n) is 11.2. The first kappa shape index (κ1) is 14.9. The van der Waals surface area contributed by atoms with E-state index in [0.717, 1.165) is 4.47 Å². The van der Waals surface area contributed by atoms with Gasteiger partial charge in [0.2, 0.25) is 0 Å². The van der Waals surface area contributed by atoms with Gasteiger partial charge in [-0.05, 0) is 30.3 Å². The molecule has 21 heavy (non-hydrogen) atoms. The van der Waals surface area contributed by atoms with Gasteiger partial charge in [0, 0.05) is 16.2 Å². The SMILES string of the molecule is COc1ccc(C(=O)Nc2ccc(Br)cc2C#N)c(N)c1. The van der Waals surface area contributed by atoms with Crippen LogP contribution < -0.4 is 15.8 Å². The van der Waals surface area contributed by atoms with E-state index in [4.69, 9.17) is 15.7 Å². The Hall–Kier alpha value is -2.52. The normalized spacial score (nSPS) is 9.76. The molecule has 0 radical (unpaired) electrons. The van der Waals surface area contributed by atoms with E-state index in [1.807, 2.05) is 6.07 Å². The highest BCUT2D eigenvalue weighted by Crippen LogP contribution is 2.23. The summed E-state index contributed by atoms with van der Waals surface area (Å²) in [6.45, 7) is 0. The molecule has 0 atom stereocenters. The number of halogens is 1. The molecule has 0 aliphatic heterocycles. The number of rotatable bonds is 3. The van der Waals surface area contributed by atoms with Crippen LogP contribution in [-0.2, 0) is 0 Å². The predicted octanol–water partition coefficient (Wildman–Crippen LogP) is 3.16. The average Bonchev–Trinajstić information content (AvgIpc) is 2.48. The van der Waals surface area contributed by atoms with E-state index >= 15 is 0 Å². The van der Waals surface area contributed by atoms with Crippen LogP contribution >= 0.6 is 15.9 Å². The number of hydrogen-bond acceptors (Lipinski definition) is 4. The molecule has 0 aliphatic carbocycles. The minimum Gasteiger partial charge on any atom is -0.497 e. The summed E-state index contributed by atoms with van der Waals surface area (Å²) in [5, 5.41) is 11.8. The van der Waals surface area contributed by atoms with E-state index in [0.29, 0.717) is 28.3 Å². The number of nitrogens with zero attached hydrogens (tertiary/aromatic N) is 1. The fourth-order valence-corrected chi connectivity index (χ4v) is 2.14. The van der Waals surface area contributed by atoms with Gasteiger partial charge in [0.15, 0.2) is 0 Å². The third-order valence-corrected chi connectivity index (χ3v) is 3.35. The van der Waals surface area contributed by atoms with Gasteiger partial charge < -0.3 is 15.8 Å². The summed E-state index contributed by atoms with van der Waals surface area (Å²) in [6.07, 6.45) is 0. The van der Waals surface area contributed by atoms with Gasteiger partial charge in [0.05, 0.1) is 23.9 Å². The minimum absolute atomic E-state index is 0.308. The lowest BCUT2D eigenvalue weighted by Crippen LogP contribution is -2.14. The van der Waals surface area contributed by atoms with Gasteiger partial charge in [0.25, 0.3) is 5.91 Å². The predicted molar refractivity (Wildman–Crippen MR) is 84.2 cm³/mol. The van der Waals surface area contributed by atoms with Crippen molar-refractivity contribution >= 4 is 33.2 Å². The van der Waals surface area contributed by atoms with Crippen LogP contribution in [-0.4, -0.2) is 13.0 Å². The van der Waals surface area contributed by atoms with E-state index in [-0.39, 0.29) is 5.91 Å². The van der Waals surface area contributed by atoms with Gasteiger partial charge in [-0.3, -0.25) is 4.79 Å². The number of ether oxygens (including phenoxy) is 1. The van der Waals surface area contributed by atoms with Crippen molar-refractivity contribution in [2.24, 2.45) is 0 Å². The van der Waals surface area contributed by atoms with Crippen LogP contribution in [0, 0.1) is 11.3 Å². The molecule has 0 spiro atoms. The molecule has 0 bridgehead atoms. The monoisotopic (exact) mass is 345 g/mol. The number of nitriles is 1. The summed E-state index contributed by atoms with van der Waals surface area (Å²) < 4.78 is 5.80. The second kappa shape index (κ2) is 6.29. The fourth-order valence-electron chi connectivity index (χ4n) is 1.78. The molecule has 2 aromatic carbocycles. The zero-order valence-corrected chi connectivity index (χ0v) is 12.8. The van der Waals surface area contributed by atoms with Gasteiger partial charge in [-0.25, -0.2) is 0 Å². The van der Waals surface area contributed by atoms with Gasteiger partial charge in [0.1, 0.15) is 11.8 Å². The molecular weight excluding hydrogens is 334 g/mol. The molecule has 5 nitrogen and oxygen atoms in total. The Balaban J connectivity index is 2.29. The summed E-state index contributed by atoms with van der Waals surface area (Å²) in [6, 6.07) is 11.9. The highest BCUT2D eigenvalue weighted by Gasteiger charge is 2.13. The summed E-state index contributed by atoms with van der Waals surface area (Å²) in [7, 11) is 1.52. The van der Waals surface area contributed by atoms with Crippen molar-refractivity contribution < 1.29 is 9.53 Å². The fraction of sp³-hybridized carbons (Fsp3) is 0.0667. The van der Waals surface area contributed by atoms with Crippen LogP contribution in [0.5, 0.6) is 5.75 Å². The average molecular weight is 346 g/mol. The highest BCUT2D eigenvalue weighted by molar-refractivity contribution is 9.10. The maximum atomic E-state index is 12.2. The molecule has 0 fully saturated rings. The number of benzene rings is 2. The molecule has 3 N–H and O–H groups in total. The smallest absolute Gasteiger partial charge is 0.257 e. The molecule has 6 heteroatoms. The van der Waals surface area contributed by atoms with Crippen molar-refractivity contribution in [2.45, 2.75) is 0 Å². The number of anilines is 2. The highest BCUT2D eigenvalue weighted by atomic mass is 79.9. The Morgan fingerprint density at radius 2 is 2.10 bits per heavy atom. The first-order valence-electron chi connectivity index (χ1n) is 5.99. The molecule has 2 aromatic rings. The quantitative estimate of drug-likeness (QED) is 0.836. The van der Waals surface area contributed by atoms with Crippen LogP contribution in [0.25, 0.3) is 0 Å². The summed E-state index contributed by atoms with van der Waals surface area (Å²) in [5.74, 6) is 0.194. The molecule has 106 valence electrons. The van der Waals surface area contributed by atoms with Crippen molar-refractivity contribution in [1.82, 2.24) is 0 Å². The van der Waals surface area contributed by atoms with E-state index in [2.05, 4.69) is 21.2 Å². The van der Waals surface area contributed by atoms with E-state index in [9.17, 15) is 4.79 Å². The Bertz CT molecular complexity index is 738. The lowest BCUT2D eigenvalue weighted by Gasteiger charge is -2.10. The second-order valence-electron chi connectivity index (χ2n) is 4.21. The van der Waals surface area contributed by atoms with Crippen molar-refractivity contribution in [3.63, 3.8) is 0 Å². The van der Waals surface area contributed by atoms with Gasteiger partial charge >= 0.3 is 0 Å². The largest absolute Gasteiger partial charge is 0.497 e. The molecule has 0 aromatic heterocycles. The first-order valence-corrected chi connectivity index (χ1v) is 6.79. The first-order chi connectivity index (χ1) is 10.0. The lowest BCUT2D eigenvalue weighted by molar-refractivity contribution is 0.102. The summed E-state index contributed by atoms with van der Waals surface area (Å²) >= 11 is 3.28. The maximum Gasteiger partial charge on any atom is 0.257 e. The number of carbonyl (C=O) groups is 1. The topological polar surface area (TPSA) is 88.1 Å². The number of carbonyl (C=O) groups excluding carboxylic acids is 1. The molecule has 0 saturated heterocycles. The molecule has 2 rings (SSSR count). The van der Waals surface area contributed by atoms with Gasteiger partial charge in [-0.1, -0.05) is 15.9 Å². The molecule has 0 heterocycles. The van der Waals surface area contributed by atoms with Gasteiger partial charge in [-0.15, -0.1) is 0 Å². The number of nitrogens with one attached hydrogen (secondary N) is 1. The van der Waals surface area contributed by atoms with E-state index in [1.165, 1.54) is 7.11 Å². The zero-order chi connectivity index (χ0) is 15.4. The standard InChI is InChI=1S/C15H12BrN3O2/c1-21-11-3-4-12(13(18)7-11)15(20)19-14-5-2-10(16)6-9(14)8-17/h2-7H,18H2,1H3,(H,19,20). The van der Waals surface area contributed by atoms with Crippen LogP contribution in [0.4, 0.5) is 11.4 Å². The molecule has 0 saturated carbocycles. The van der Waals surface area contributed by atoms with Crippen LogP contribution in [0.3, 0.4) is 0 Å². The van der Waals surface area contributed by atoms with E-state index in [1.54, 1.807) is 36.4 Å². The van der Waals surface area contributed by atoms with Crippen LogP contribution in [0.15, 0.2) is 40.9 Å². The maximum absolute atomic E-state index is 12.2. The Morgan fingerprint density at radius 1 is 1.33 bits per heavy atom. The van der Waals surface area contributed by atoms with Crippen molar-refractivity contribution in [1.29, 1.82) is 5.26 Å². The Kier molecular flexibility index (Phi) is 4.45.